The van der Waals surface area contributed by atoms with Crippen molar-refractivity contribution in [2.24, 2.45) is 0 Å². The van der Waals surface area contributed by atoms with Gasteiger partial charge in [-0.2, -0.15) is 0 Å². The molecule has 78 valence electrons. The van der Waals surface area contributed by atoms with Gasteiger partial charge in [0.25, 0.3) is 0 Å². The highest BCUT2D eigenvalue weighted by molar-refractivity contribution is 8.13. The topological polar surface area (TPSA) is 59.9 Å². The Morgan fingerprint density at radius 1 is 1.36 bits per heavy atom. The van der Waals surface area contributed by atoms with Crippen molar-refractivity contribution < 1.29 is 8.42 Å². The van der Waals surface area contributed by atoms with Crippen LogP contribution in [0.15, 0.2) is 12.4 Å². The van der Waals surface area contributed by atoms with Crippen molar-refractivity contribution in [3.63, 3.8) is 0 Å². The van der Waals surface area contributed by atoms with Crippen LogP contribution >= 0.6 is 10.7 Å². The molecule has 1 heterocycles. The van der Waals surface area contributed by atoms with Crippen molar-refractivity contribution in [2.45, 2.75) is 25.5 Å². The molecule has 1 aromatic rings. The molecular weight excluding hydrogens is 224 g/mol. The summed E-state index contributed by atoms with van der Waals surface area (Å²) in [7, 11) is 1.57. The second-order valence-corrected chi connectivity index (χ2v) is 6.06. The first-order valence-corrected chi connectivity index (χ1v) is 6.59. The van der Waals surface area contributed by atoms with Gasteiger partial charge in [-0.05, 0) is 0 Å². The van der Waals surface area contributed by atoms with Crippen molar-refractivity contribution in [3.05, 3.63) is 23.8 Å². The summed E-state index contributed by atoms with van der Waals surface area (Å²) in [5.74, 6) is 0.699. The van der Waals surface area contributed by atoms with E-state index >= 15 is 0 Å². The molecule has 0 spiro atoms. The molecule has 0 saturated heterocycles. The molecule has 4 nitrogen and oxygen atoms in total. The van der Waals surface area contributed by atoms with Gasteiger partial charge in [0.1, 0.15) is 5.82 Å². The van der Waals surface area contributed by atoms with Crippen LogP contribution in [0.25, 0.3) is 0 Å². The minimum absolute atomic E-state index is 0.229. The lowest BCUT2D eigenvalue weighted by molar-refractivity contribution is 0.608. The third-order valence-electron chi connectivity index (χ3n) is 1.58. The van der Waals surface area contributed by atoms with Crippen molar-refractivity contribution in [3.8, 4) is 0 Å². The number of nitrogens with zero attached hydrogens (tertiary/aromatic N) is 2. The zero-order valence-electron chi connectivity index (χ0n) is 7.94. The van der Waals surface area contributed by atoms with E-state index in [9.17, 15) is 8.42 Å². The smallest absolute Gasteiger partial charge is 0.236 e. The van der Waals surface area contributed by atoms with Gasteiger partial charge in [0.15, 0.2) is 0 Å². The van der Waals surface area contributed by atoms with Crippen LogP contribution in [-0.4, -0.2) is 18.4 Å². The van der Waals surface area contributed by atoms with E-state index in [1.807, 2.05) is 13.8 Å². The normalized spacial score (nSPS) is 12.0. The third kappa shape index (κ3) is 3.59. The average Bonchev–Trinajstić information content (AvgIpc) is 2.02. The van der Waals surface area contributed by atoms with Gasteiger partial charge in [-0.3, -0.25) is 0 Å². The van der Waals surface area contributed by atoms with Crippen LogP contribution in [0.1, 0.15) is 31.2 Å². The Kier molecular flexibility index (Phi) is 3.44. The van der Waals surface area contributed by atoms with Crippen LogP contribution < -0.4 is 0 Å². The standard InChI is InChI=1S/C8H11ClN2O2S/c1-6(2)8-10-3-7(4-11-8)5-14(9,12)13/h3-4,6H,5H2,1-2H3. The fourth-order valence-electron chi connectivity index (χ4n) is 0.937. The fourth-order valence-corrected chi connectivity index (χ4v) is 1.86. The molecule has 0 bridgehead atoms. The van der Waals surface area contributed by atoms with E-state index in [1.54, 1.807) is 0 Å². The number of hydrogen-bond acceptors (Lipinski definition) is 4. The van der Waals surface area contributed by atoms with Crippen LogP contribution in [0.5, 0.6) is 0 Å². The lowest BCUT2D eigenvalue weighted by atomic mass is 10.2. The second-order valence-electron chi connectivity index (χ2n) is 3.29. The SMILES string of the molecule is CC(C)c1ncc(CS(=O)(=O)Cl)cn1. The van der Waals surface area contributed by atoms with Crippen LogP contribution in [0.4, 0.5) is 0 Å². The molecular formula is C8H11ClN2O2S. The van der Waals surface area contributed by atoms with E-state index in [1.165, 1.54) is 12.4 Å². The molecule has 0 unspecified atom stereocenters. The molecule has 0 amide bonds. The summed E-state index contributed by atoms with van der Waals surface area (Å²) in [6.45, 7) is 3.93. The highest BCUT2D eigenvalue weighted by Gasteiger charge is 2.08. The van der Waals surface area contributed by atoms with E-state index in [-0.39, 0.29) is 11.7 Å². The summed E-state index contributed by atoms with van der Waals surface area (Å²) in [4.78, 5) is 8.06. The predicted molar refractivity (Wildman–Crippen MR) is 54.6 cm³/mol. The number of rotatable bonds is 3. The van der Waals surface area contributed by atoms with Crippen LogP contribution in [0, 0.1) is 0 Å². The number of halogens is 1. The quantitative estimate of drug-likeness (QED) is 0.747. The second kappa shape index (κ2) is 4.23. The molecule has 0 aromatic carbocycles. The maximum absolute atomic E-state index is 10.7. The molecule has 1 rings (SSSR count). The van der Waals surface area contributed by atoms with Crippen molar-refractivity contribution in [1.29, 1.82) is 0 Å². The summed E-state index contributed by atoms with van der Waals surface area (Å²) in [5.41, 5.74) is 0.504. The fraction of sp³-hybridized carbons (Fsp3) is 0.500. The molecule has 6 heteroatoms. The Morgan fingerprint density at radius 2 is 1.86 bits per heavy atom. The maximum atomic E-state index is 10.7. The van der Waals surface area contributed by atoms with Crippen LogP contribution in [-0.2, 0) is 14.8 Å². The summed E-state index contributed by atoms with van der Waals surface area (Å²) < 4.78 is 21.5. The zero-order valence-corrected chi connectivity index (χ0v) is 9.51. The van der Waals surface area contributed by atoms with E-state index in [0.29, 0.717) is 11.4 Å². The Hall–Kier alpha value is -0.680. The molecule has 0 aliphatic heterocycles. The van der Waals surface area contributed by atoms with Gasteiger partial charge in [-0.25, -0.2) is 18.4 Å². The maximum Gasteiger partial charge on any atom is 0.236 e. The minimum Gasteiger partial charge on any atom is -0.241 e. The van der Waals surface area contributed by atoms with Crippen LogP contribution in [0.2, 0.25) is 0 Å². The summed E-state index contributed by atoms with van der Waals surface area (Å²) >= 11 is 0. The number of hydrogen-bond donors (Lipinski definition) is 0. The molecule has 0 radical (unpaired) electrons. The van der Waals surface area contributed by atoms with Crippen LogP contribution in [0.3, 0.4) is 0 Å². The lowest BCUT2D eigenvalue weighted by Gasteiger charge is -2.03. The van der Waals surface area contributed by atoms with Gasteiger partial charge in [0, 0.05) is 34.6 Å². The number of aromatic nitrogens is 2. The van der Waals surface area contributed by atoms with Crippen molar-refractivity contribution >= 4 is 19.7 Å². The van der Waals surface area contributed by atoms with Gasteiger partial charge >= 0.3 is 0 Å². The average molecular weight is 235 g/mol. The largest absolute Gasteiger partial charge is 0.241 e. The van der Waals surface area contributed by atoms with Gasteiger partial charge in [-0.1, -0.05) is 13.8 Å². The summed E-state index contributed by atoms with van der Waals surface area (Å²) in [5, 5.41) is 0. The molecule has 0 fully saturated rings. The van der Waals surface area contributed by atoms with Gasteiger partial charge in [0.2, 0.25) is 9.05 Å². The first-order chi connectivity index (χ1) is 6.38. The lowest BCUT2D eigenvalue weighted by Crippen LogP contribution is -2.01. The first-order valence-electron chi connectivity index (χ1n) is 4.11. The Morgan fingerprint density at radius 3 is 2.21 bits per heavy atom. The molecule has 14 heavy (non-hydrogen) atoms. The third-order valence-corrected chi connectivity index (χ3v) is 2.59. The van der Waals surface area contributed by atoms with E-state index in [4.69, 9.17) is 10.7 Å². The van der Waals surface area contributed by atoms with Gasteiger partial charge in [0.05, 0.1) is 5.75 Å². The highest BCUT2D eigenvalue weighted by atomic mass is 35.7. The van der Waals surface area contributed by atoms with E-state index in [2.05, 4.69) is 9.97 Å². The molecule has 0 aliphatic carbocycles. The monoisotopic (exact) mass is 234 g/mol. The van der Waals surface area contributed by atoms with Crippen molar-refractivity contribution in [2.75, 3.05) is 0 Å². The summed E-state index contributed by atoms with van der Waals surface area (Å²) in [6.07, 6.45) is 2.98. The summed E-state index contributed by atoms with van der Waals surface area (Å²) in [6, 6.07) is 0. The molecule has 0 saturated carbocycles. The van der Waals surface area contributed by atoms with E-state index < -0.39 is 9.05 Å². The molecule has 0 aliphatic rings. The Labute approximate surface area is 87.8 Å². The van der Waals surface area contributed by atoms with E-state index in [0.717, 1.165) is 0 Å². The zero-order chi connectivity index (χ0) is 10.8. The Bertz CT molecular complexity index is 400. The highest BCUT2D eigenvalue weighted by Crippen LogP contribution is 2.11. The van der Waals surface area contributed by atoms with Gasteiger partial charge < -0.3 is 0 Å². The molecule has 0 atom stereocenters. The van der Waals surface area contributed by atoms with Gasteiger partial charge in [-0.15, -0.1) is 0 Å². The van der Waals surface area contributed by atoms with Crippen molar-refractivity contribution in [1.82, 2.24) is 9.97 Å². The first kappa shape index (κ1) is 11.4. The Balaban J connectivity index is 2.84. The molecule has 1 aromatic heterocycles. The predicted octanol–water partition coefficient (Wildman–Crippen LogP) is 1.67. The minimum atomic E-state index is -3.52. The molecule has 0 N–H and O–H groups in total.